The molecule has 1 fully saturated rings. The topological polar surface area (TPSA) is 72.6 Å². The van der Waals surface area contributed by atoms with Gasteiger partial charge in [-0.3, -0.25) is 0 Å². The highest BCUT2D eigenvalue weighted by atomic mass is 32.2. The predicted octanol–water partition coefficient (Wildman–Crippen LogP) is 1.21. The second kappa shape index (κ2) is 5.07. The van der Waals surface area contributed by atoms with Crippen molar-refractivity contribution in [3.8, 4) is 0 Å². The zero-order valence-corrected chi connectivity index (χ0v) is 11.7. The first-order chi connectivity index (χ1) is 8.85. The van der Waals surface area contributed by atoms with Crippen molar-refractivity contribution in [3.05, 3.63) is 24.0 Å². The smallest absolute Gasteiger partial charge is 0.248 e. The molecule has 0 bridgehead atoms. The fourth-order valence-electron chi connectivity index (χ4n) is 2.32. The minimum Gasteiger partial charge on any atom is -0.398 e. The predicted molar refractivity (Wildman–Crippen MR) is 69.6 cm³/mol. The summed E-state index contributed by atoms with van der Waals surface area (Å²) in [6.07, 6.45) is 0.374. The summed E-state index contributed by atoms with van der Waals surface area (Å²) in [7, 11) is -2.54. The lowest BCUT2D eigenvalue weighted by Crippen LogP contribution is -2.41. The number of benzene rings is 1. The molecule has 0 spiro atoms. The number of nitrogens with zero attached hydrogens (tertiary/aromatic N) is 1. The summed E-state index contributed by atoms with van der Waals surface area (Å²) >= 11 is 0. The van der Waals surface area contributed by atoms with Crippen LogP contribution in [0.3, 0.4) is 0 Å². The summed E-state index contributed by atoms with van der Waals surface area (Å²) in [5.41, 5.74) is 5.52. The Bertz CT molecular complexity index is 556. The Kier molecular flexibility index (Phi) is 3.80. The molecule has 1 heterocycles. The Labute approximate surface area is 112 Å². The van der Waals surface area contributed by atoms with Crippen molar-refractivity contribution in [2.45, 2.75) is 30.4 Å². The van der Waals surface area contributed by atoms with Gasteiger partial charge in [0.05, 0.1) is 17.8 Å². The highest BCUT2D eigenvalue weighted by Crippen LogP contribution is 2.29. The number of hydrogen-bond acceptors (Lipinski definition) is 4. The van der Waals surface area contributed by atoms with E-state index in [1.54, 1.807) is 6.92 Å². The molecule has 0 saturated carbocycles. The molecule has 1 aliphatic heterocycles. The van der Waals surface area contributed by atoms with Gasteiger partial charge in [0.1, 0.15) is 10.7 Å². The highest BCUT2D eigenvalue weighted by molar-refractivity contribution is 7.89. The third-order valence-electron chi connectivity index (χ3n) is 3.44. The van der Waals surface area contributed by atoms with Crippen LogP contribution in [0.25, 0.3) is 0 Å². The first-order valence-electron chi connectivity index (χ1n) is 5.99. The van der Waals surface area contributed by atoms with E-state index >= 15 is 0 Å². The standard InChI is InChI=1S/C12H17FN2O3S/c1-8-11(6-7-18-8)15(2)19(16,17)12-9(13)4-3-5-10(12)14/h3-5,8,11H,6-7,14H2,1-2H3. The van der Waals surface area contributed by atoms with Crippen LogP contribution in [0.15, 0.2) is 23.1 Å². The third kappa shape index (κ3) is 2.45. The molecule has 2 atom stereocenters. The molecule has 2 unspecified atom stereocenters. The Hall–Kier alpha value is -1.18. The first kappa shape index (κ1) is 14.2. The molecule has 0 amide bonds. The maximum atomic E-state index is 13.8. The van der Waals surface area contributed by atoms with E-state index in [-0.39, 0.29) is 17.8 Å². The van der Waals surface area contributed by atoms with E-state index in [0.717, 1.165) is 10.4 Å². The number of halogens is 1. The summed E-state index contributed by atoms with van der Waals surface area (Å²) in [5, 5.41) is 0. The van der Waals surface area contributed by atoms with Gasteiger partial charge in [0.25, 0.3) is 0 Å². The molecule has 106 valence electrons. The van der Waals surface area contributed by atoms with Crippen molar-refractivity contribution in [1.82, 2.24) is 4.31 Å². The van der Waals surface area contributed by atoms with Gasteiger partial charge in [-0.25, -0.2) is 12.8 Å². The van der Waals surface area contributed by atoms with Crippen molar-refractivity contribution in [2.75, 3.05) is 19.4 Å². The summed E-state index contributed by atoms with van der Waals surface area (Å²) in [4.78, 5) is -0.461. The van der Waals surface area contributed by atoms with Crippen LogP contribution in [0.1, 0.15) is 13.3 Å². The number of anilines is 1. The van der Waals surface area contributed by atoms with Gasteiger partial charge in [0, 0.05) is 13.7 Å². The summed E-state index contributed by atoms with van der Waals surface area (Å²) in [6, 6.07) is 3.54. The van der Waals surface area contributed by atoms with Gasteiger partial charge in [0.2, 0.25) is 10.0 Å². The number of nitrogen functional groups attached to an aromatic ring is 1. The quantitative estimate of drug-likeness (QED) is 0.848. The fourth-order valence-corrected chi connectivity index (χ4v) is 3.92. The molecule has 0 aliphatic carbocycles. The molecule has 1 saturated heterocycles. The molecule has 1 aromatic carbocycles. The Balaban J connectivity index is 2.42. The minimum atomic E-state index is -3.96. The Morgan fingerprint density at radius 1 is 1.47 bits per heavy atom. The zero-order chi connectivity index (χ0) is 14.2. The molecule has 7 heteroatoms. The number of ether oxygens (including phenoxy) is 1. The lowest BCUT2D eigenvalue weighted by Gasteiger charge is -2.26. The van der Waals surface area contributed by atoms with Gasteiger partial charge in [-0.05, 0) is 25.5 Å². The van der Waals surface area contributed by atoms with Gasteiger partial charge in [0.15, 0.2) is 0 Å². The number of sulfonamides is 1. The second-order valence-electron chi connectivity index (χ2n) is 4.61. The molecule has 1 aliphatic rings. The summed E-state index contributed by atoms with van der Waals surface area (Å²) in [6.45, 7) is 2.30. The average Bonchev–Trinajstić information content (AvgIpc) is 2.73. The largest absolute Gasteiger partial charge is 0.398 e. The van der Waals surface area contributed by atoms with Gasteiger partial charge >= 0.3 is 0 Å². The van der Waals surface area contributed by atoms with E-state index in [0.29, 0.717) is 13.0 Å². The maximum Gasteiger partial charge on any atom is 0.248 e. The summed E-state index contributed by atoms with van der Waals surface area (Å²) in [5.74, 6) is -0.835. The normalized spacial score (nSPS) is 24.0. The average molecular weight is 288 g/mol. The van der Waals surface area contributed by atoms with E-state index in [1.165, 1.54) is 19.2 Å². The van der Waals surface area contributed by atoms with Crippen LogP contribution in [-0.2, 0) is 14.8 Å². The van der Waals surface area contributed by atoms with E-state index in [4.69, 9.17) is 10.5 Å². The monoisotopic (exact) mass is 288 g/mol. The molecule has 19 heavy (non-hydrogen) atoms. The minimum absolute atomic E-state index is 0.0848. The van der Waals surface area contributed by atoms with Crippen molar-refractivity contribution < 1.29 is 17.5 Å². The van der Waals surface area contributed by atoms with Gasteiger partial charge < -0.3 is 10.5 Å². The fraction of sp³-hybridized carbons (Fsp3) is 0.500. The molecular weight excluding hydrogens is 271 g/mol. The number of hydrogen-bond donors (Lipinski definition) is 1. The van der Waals surface area contributed by atoms with Gasteiger partial charge in [-0.1, -0.05) is 6.07 Å². The van der Waals surface area contributed by atoms with E-state index < -0.39 is 20.7 Å². The molecule has 0 radical (unpaired) electrons. The SMILES string of the molecule is CC1OCCC1N(C)S(=O)(=O)c1c(N)cccc1F. The zero-order valence-electron chi connectivity index (χ0n) is 10.8. The van der Waals surface area contributed by atoms with Gasteiger partial charge in [-0.15, -0.1) is 0 Å². The van der Waals surface area contributed by atoms with E-state index in [9.17, 15) is 12.8 Å². The van der Waals surface area contributed by atoms with Gasteiger partial charge in [-0.2, -0.15) is 4.31 Å². The van der Waals surface area contributed by atoms with Crippen LogP contribution in [0.2, 0.25) is 0 Å². The molecule has 2 N–H and O–H groups in total. The number of rotatable bonds is 3. The van der Waals surface area contributed by atoms with Crippen LogP contribution in [0.4, 0.5) is 10.1 Å². The number of likely N-dealkylation sites (N-methyl/N-ethyl adjacent to an activating group) is 1. The van der Waals surface area contributed by atoms with Crippen molar-refractivity contribution >= 4 is 15.7 Å². The molecule has 1 aromatic rings. The van der Waals surface area contributed by atoms with E-state index in [2.05, 4.69) is 0 Å². The molecular formula is C12H17FN2O3S. The Morgan fingerprint density at radius 3 is 2.68 bits per heavy atom. The van der Waals surface area contributed by atoms with Crippen LogP contribution in [-0.4, -0.2) is 38.5 Å². The first-order valence-corrected chi connectivity index (χ1v) is 7.43. The second-order valence-corrected chi connectivity index (χ2v) is 6.55. The van der Waals surface area contributed by atoms with E-state index in [1.807, 2.05) is 0 Å². The highest BCUT2D eigenvalue weighted by Gasteiger charge is 2.37. The van der Waals surface area contributed by atoms with Crippen molar-refractivity contribution in [1.29, 1.82) is 0 Å². The summed E-state index contributed by atoms with van der Waals surface area (Å²) < 4.78 is 45.2. The Morgan fingerprint density at radius 2 is 2.16 bits per heavy atom. The molecule has 0 aromatic heterocycles. The third-order valence-corrected chi connectivity index (χ3v) is 5.41. The van der Waals surface area contributed by atoms with Crippen LogP contribution >= 0.6 is 0 Å². The van der Waals surface area contributed by atoms with Crippen LogP contribution in [0, 0.1) is 5.82 Å². The lowest BCUT2D eigenvalue weighted by atomic mass is 10.2. The van der Waals surface area contributed by atoms with Crippen molar-refractivity contribution in [3.63, 3.8) is 0 Å². The lowest BCUT2D eigenvalue weighted by molar-refractivity contribution is 0.102. The molecule has 5 nitrogen and oxygen atoms in total. The number of nitrogens with two attached hydrogens (primary N) is 1. The maximum absolute atomic E-state index is 13.8. The molecule has 2 rings (SSSR count). The van der Waals surface area contributed by atoms with Crippen molar-refractivity contribution in [2.24, 2.45) is 0 Å². The van der Waals surface area contributed by atoms with Crippen LogP contribution < -0.4 is 5.73 Å². The van der Waals surface area contributed by atoms with Crippen LogP contribution in [0.5, 0.6) is 0 Å².